The standard InChI is InChI=1S/C16H29NOSi/c1-15(2,3)19(4,5)18-16-8-11-6-12(9-16)14(17)13(7-11)10-16/h11-13,17H,6-10H2,1-5H3. The molecule has 4 aliphatic rings. The van der Waals surface area contributed by atoms with Gasteiger partial charge in [-0.1, -0.05) is 20.8 Å². The highest BCUT2D eigenvalue weighted by molar-refractivity contribution is 6.74. The average molecular weight is 280 g/mol. The highest BCUT2D eigenvalue weighted by Crippen LogP contribution is 2.57. The van der Waals surface area contributed by atoms with E-state index in [-0.39, 0.29) is 5.60 Å². The van der Waals surface area contributed by atoms with Crippen molar-refractivity contribution in [1.29, 1.82) is 5.41 Å². The summed E-state index contributed by atoms with van der Waals surface area (Å²) in [4.78, 5) is 0. The van der Waals surface area contributed by atoms with Crippen molar-refractivity contribution < 1.29 is 4.43 Å². The van der Waals surface area contributed by atoms with Crippen LogP contribution in [-0.2, 0) is 4.43 Å². The van der Waals surface area contributed by atoms with Crippen molar-refractivity contribution in [2.24, 2.45) is 17.8 Å². The quantitative estimate of drug-likeness (QED) is 0.736. The van der Waals surface area contributed by atoms with Crippen molar-refractivity contribution in [2.45, 2.75) is 76.6 Å². The maximum absolute atomic E-state index is 8.31. The minimum absolute atomic E-state index is 0.143. The maximum Gasteiger partial charge on any atom is 0.192 e. The maximum atomic E-state index is 8.31. The first kappa shape index (κ1) is 13.8. The normalized spacial score (nSPS) is 41.9. The van der Waals surface area contributed by atoms with Crippen molar-refractivity contribution in [3.63, 3.8) is 0 Å². The van der Waals surface area contributed by atoms with E-state index in [1.807, 2.05) is 0 Å². The molecule has 4 bridgehead atoms. The molecule has 4 aliphatic carbocycles. The van der Waals surface area contributed by atoms with Crippen molar-refractivity contribution in [2.75, 3.05) is 0 Å². The summed E-state index contributed by atoms with van der Waals surface area (Å²) < 4.78 is 6.89. The molecule has 0 aromatic carbocycles. The Labute approximate surface area is 118 Å². The number of hydrogen-bond acceptors (Lipinski definition) is 2. The summed E-state index contributed by atoms with van der Waals surface area (Å²) >= 11 is 0. The van der Waals surface area contributed by atoms with Crippen LogP contribution in [0.1, 0.15) is 52.9 Å². The first-order valence-electron chi connectivity index (χ1n) is 7.90. The Bertz CT molecular complexity index is 391. The zero-order valence-electron chi connectivity index (χ0n) is 13.2. The second-order valence-electron chi connectivity index (χ2n) is 8.84. The van der Waals surface area contributed by atoms with E-state index in [1.54, 1.807) is 0 Å². The third kappa shape index (κ3) is 2.13. The summed E-state index contributed by atoms with van der Waals surface area (Å²) in [6.07, 6.45) is 6.12. The summed E-state index contributed by atoms with van der Waals surface area (Å²) in [5.74, 6) is 1.95. The van der Waals surface area contributed by atoms with Crippen LogP contribution in [0.3, 0.4) is 0 Å². The van der Waals surface area contributed by atoms with Crippen molar-refractivity contribution in [3.8, 4) is 0 Å². The molecule has 2 unspecified atom stereocenters. The van der Waals surface area contributed by atoms with E-state index in [4.69, 9.17) is 9.84 Å². The van der Waals surface area contributed by atoms with Crippen LogP contribution in [0.2, 0.25) is 18.1 Å². The van der Waals surface area contributed by atoms with Crippen LogP contribution in [0.4, 0.5) is 0 Å². The lowest BCUT2D eigenvalue weighted by molar-refractivity contribution is -0.0721. The van der Waals surface area contributed by atoms with E-state index in [0.717, 1.165) is 24.5 Å². The minimum Gasteiger partial charge on any atom is -0.411 e. The Balaban J connectivity index is 1.84. The lowest BCUT2D eigenvalue weighted by atomic mass is 9.53. The molecule has 3 heteroatoms. The third-order valence-corrected chi connectivity index (χ3v) is 10.8. The van der Waals surface area contributed by atoms with Gasteiger partial charge in [0, 0.05) is 5.71 Å². The van der Waals surface area contributed by atoms with E-state index < -0.39 is 8.32 Å². The molecule has 0 aliphatic heterocycles. The van der Waals surface area contributed by atoms with E-state index >= 15 is 0 Å². The summed E-state index contributed by atoms with van der Waals surface area (Å²) in [5.41, 5.74) is 1.20. The van der Waals surface area contributed by atoms with Crippen molar-refractivity contribution >= 4 is 14.0 Å². The van der Waals surface area contributed by atoms with E-state index in [1.165, 1.54) is 19.3 Å². The molecule has 2 nitrogen and oxygen atoms in total. The summed E-state index contributed by atoms with van der Waals surface area (Å²) in [6.45, 7) is 11.8. The fourth-order valence-corrected chi connectivity index (χ4v) is 6.17. The van der Waals surface area contributed by atoms with Crippen molar-refractivity contribution in [3.05, 3.63) is 0 Å². The summed E-state index contributed by atoms with van der Waals surface area (Å²) in [6, 6.07) is 0. The van der Waals surface area contributed by atoms with Gasteiger partial charge in [-0.2, -0.15) is 0 Å². The summed E-state index contributed by atoms with van der Waals surface area (Å²) in [7, 11) is -1.68. The second kappa shape index (κ2) is 3.94. The molecule has 0 saturated heterocycles. The van der Waals surface area contributed by atoms with Gasteiger partial charge in [0.1, 0.15) is 0 Å². The predicted octanol–water partition coefficient (Wildman–Crippen LogP) is 4.61. The van der Waals surface area contributed by atoms with Crippen LogP contribution < -0.4 is 0 Å². The molecular weight excluding hydrogens is 250 g/mol. The molecular formula is C16H29NOSi. The van der Waals surface area contributed by atoms with Crippen LogP contribution >= 0.6 is 0 Å². The molecule has 0 radical (unpaired) electrons. The molecule has 4 rings (SSSR count). The Kier molecular flexibility index (Phi) is 2.87. The van der Waals surface area contributed by atoms with Gasteiger partial charge in [-0.05, 0) is 68.0 Å². The van der Waals surface area contributed by atoms with Gasteiger partial charge >= 0.3 is 0 Å². The Hall–Kier alpha value is -0.153. The van der Waals surface area contributed by atoms with Crippen molar-refractivity contribution in [1.82, 2.24) is 0 Å². The van der Waals surface area contributed by atoms with Crippen LogP contribution in [-0.4, -0.2) is 19.6 Å². The van der Waals surface area contributed by atoms with Gasteiger partial charge in [-0.15, -0.1) is 0 Å². The van der Waals surface area contributed by atoms with Crippen LogP contribution in [0.15, 0.2) is 0 Å². The lowest BCUT2D eigenvalue weighted by Gasteiger charge is -2.59. The molecule has 0 spiro atoms. The van der Waals surface area contributed by atoms with Crippen LogP contribution in [0, 0.1) is 23.2 Å². The van der Waals surface area contributed by atoms with Gasteiger partial charge in [-0.25, -0.2) is 0 Å². The number of nitrogens with one attached hydrogen (secondary N) is 1. The fraction of sp³-hybridized carbons (Fsp3) is 0.938. The van der Waals surface area contributed by atoms with E-state index in [9.17, 15) is 0 Å². The second-order valence-corrected chi connectivity index (χ2v) is 13.6. The Morgan fingerprint density at radius 3 is 2.11 bits per heavy atom. The number of hydrogen-bond donors (Lipinski definition) is 1. The fourth-order valence-electron chi connectivity index (χ4n) is 4.54. The zero-order chi connectivity index (χ0) is 14.1. The van der Waals surface area contributed by atoms with E-state index in [2.05, 4.69) is 33.9 Å². The van der Waals surface area contributed by atoms with Crippen LogP contribution in [0.25, 0.3) is 0 Å². The topological polar surface area (TPSA) is 33.1 Å². The molecule has 0 heterocycles. The van der Waals surface area contributed by atoms with Gasteiger partial charge in [-0.3, -0.25) is 0 Å². The molecule has 0 amide bonds. The first-order chi connectivity index (χ1) is 8.62. The molecule has 0 aromatic rings. The van der Waals surface area contributed by atoms with E-state index in [0.29, 0.717) is 16.9 Å². The molecule has 0 aromatic heterocycles. The molecule has 4 fully saturated rings. The lowest BCUT2D eigenvalue weighted by Crippen LogP contribution is -2.60. The monoisotopic (exact) mass is 279 g/mol. The van der Waals surface area contributed by atoms with Gasteiger partial charge in [0.15, 0.2) is 8.32 Å². The highest BCUT2D eigenvalue weighted by atomic mass is 28.4. The largest absolute Gasteiger partial charge is 0.411 e. The minimum atomic E-state index is -1.68. The smallest absolute Gasteiger partial charge is 0.192 e. The predicted molar refractivity (Wildman–Crippen MR) is 82.3 cm³/mol. The summed E-state index contributed by atoms with van der Waals surface area (Å²) in [5, 5.41) is 8.61. The molecule has 108 valence electrons. The molecule has 19 heavy (non-hydrogen) atoms. The van der Waals surface area contributed by atoms with Gasteiger partial charge in [0.05, 0.1) is 5.60 Å². The van der Waals surface area contributed by atoms with Gasteiger partial charge in [0.2, 0.25) is 0 Å². The molecule has 4 saturated carbocycles. The van der Waals surface area contributed by atoms with Gasteiger partial charge in [0.25, 0.3) is 0 Å². The first-order valence-corrected chi connectivity index (χ1v) is 10.8. The molecule has 2 atom stereocenters. The van der Waals surface area contributed by atoms with Gasteiger partial charge < -0.3 is 9.84 Å². The van der Waals surface area contributed by atoms with Crippen LogP contribution in [0.5, 0.6) is 0 Å². The molecule has 1 N–H and O–H groups in total. The third-order valence-electron chi connectivity index (χ3n) is 6.29. The Morgan fingerprint density at radius 2 is 1.63 bits per heavy atom. The SMILES string of the molecule is CC(C)(C)[Si](C)(C)OC12CC3CC(C1)C(=N)C(C3)C2. The average Bonchev–Trinajstić information content (AvgIpc) is 2.21. The zero-order valence-corrected chi connectivity index (χ0v) is 14.2. The Morgan fingerprint density at radius 1 is 1.11 bits per heavy atom. The number of rotatable bonds is 2. The highest BCUT2D eigenvalue weighted by Gasteiger charge is 2.56.